The second-order valence-corrected chi connectivity index (χ2v) is 7.98. The molecule has 0 N–H and O–H groups in total. The summed E-state index contributed by atoms with van der Waals surface area (Å²) in [5, 5.41) is 0. The Morgan fingerprint density at radius 1 is 1.00 bits per heavy atom. The second-order valence-electron chi connectivity index (χ2n) is 6.90. The normalized spacial score (nSPS) is 15.3. The Bertz CT molecular complexity index is 989. The van der Waals surface area contributed by atoms with Crippen LogP contribution in [-0.4, -0.2) is 0 Å². The quantitative estimate of drug-likeness (QED) is 0.366. The van der Waals surface area contributed by atoms with E-state index >= 15 is 0 Å². The SMILES string of the molecule is C=CC(=C)c1ccc(-c2ccc(/C(C)=C3/C=CCC=CC3)c(C(=C)C)c2)s1. The van der Waals surface area contributed by atoms with Gasteiger partial charge in [0.25, 0.3) is 0 Å². The van der Waals surface area contributed by atoms with Crippen LogP contribution in [0.4, 0.5) is 0 Å². The fourth-order valence-electron chi connectivity index (χ4n) is 3.26. The lowest BCUT2D eigenvalue weighted by atomic mass is 9.91. The second kappa shape index (κ2) is 8.37. The van der Waals surface area contributed by atoms with Crippen LogP contribution in [-0.2, 0) is 0 Å². The summed E-state index contributed by atoms with van der Waals surface area (Å²) in [5.74, 6) is 0. The lowest BCUT2D eigenvalue weighted by Crippen LogP contribution is -1.93. The van der Waals surface area contributed by atoms with Crippen molar-refractivity contribution in [3.8, 4) is 10.4 Å². The maximum Gasteiger partial charge on any atom is 0.0349 e. The van der Waals surface area contributed by atoms with Gasteiger partial charge >= 0.3 is 0 Å². The minimum absolute atomic E-state index is 0.969. The fraction of sp³-hybridized carbons (Fsp3) is 0.154. The van der Waals surface area contributed by atoms with Crippen molar-refractivity contribution in [3.05, 3.63) is 102 Å². The van der Waals surface area contributed by atoms with Crippen LogP contribution in [0.3, 0.4) is 0 Å². The van der Waals surface area contributed by atoms with E-state index in [-0.39, 0.29) is 0 Å². The van der Waals surface area contributed by atoms with Crippen LogP contribution in [0.2, 0.25) is 0 Å². The van der Waals surface area contributed by atoms with Gasteiger partial charge in [-0.15, -0.1) is 11.3 Å². The maximum absolute atomic E-state index is 4.23. The van der Waals surface area contributed by atoms with Crippen LogP contribution >= 0.6 is 11.3 Å². The van der Waals surface area contributed by atoms with E-state index < -0.39 is 0 Å². The predicted molar refractivity (Wildman–Crippen MR) is 124 cm³/mol. The predicted octanol–water partition coefficient (Wildman–Crippen LogP) is 8.33. The third-order valence-electron chi connectivity index (χ3n) is 4.91. The van der Waals surface area contributed by atoms with Gasteiger partial charge in [-0.2, -0.15) is 0 Å². The van der Waals surface area contributed by atoms with Gasteiger partial charge in [0.1, 0.15) is 0 Å². The third kappa shape index (κ3) is 4.20. The maximum atomic E-state index is 4.23. The van der Waals surface area contributed by atoms with Gasteiger partial charge in [0.15, 0.2) is 0 Å². The molecule has 1 heterocycles. The Morgan fingerprint density at radius 3 is 2.56 bits per heavy atom. The summed E-state index contributed by atoms with van der Waals surface area (Å²) in [6.07, 6.45) is 12.8. The molecule has 0 aliphatic heterocycles. The molecule has 0 atom stereocenters. The molecule has 1 aliphatic carbocycles. The Morgan fingerprint density at radius 2 is 1.81 bits per heavy atom. The van der Waals surface area contributed by atoms with Crippen molar-refractivity contribution >= 4 is 28.1 Å². The number of thiophene rings is 1. The summed E-state index contributed by atoms with van der Waals surface area (Å²) >= 11 is 1.75. The van der Waals surface area contributed by atoms with Gasteiger partial charge in [0, 0.05) is 9.75 Å². The summed E-state index contributed by atoms with van der Waals surface area (Å²) in [4.78, 5) is 2.40. The number of hydrogen-bond acceptors (Lipinski definition) is 1. The summed E-state index contributed by atoms with van der Waals surface area (Å²) in [6, 6.07) is 11.0. The van der Waals surface area contributed by atoms with Gasteiger partial charge in [-0.25, -0.2) is 0 Å². The first-order chi connectivity index (χ1) is 13.0. The van der Waals surface area contributed by atoms with Crippen molar-refractivity contribution in [3.63, 3.8) is 0 Å². The van der Waals surface area contributed by atoms with E-state index in [1.54, 1.807) is 11.3 Å². The van der Waals surface area contributed by atoms with Gasteiger partial charge < -0.3 is 0 Å². The molecule has 1 aromatic heterocycles. The third-order valence-corrected chi connectivity index (χ3v) is 6.12. The largest absolute Gasteiger partial charge is 0.135 e. The van der Waals surface area contributed by atoms with Gasteiger partial charge in [0.05, 0.1) is 0 Å². The monoisotopic (exact) mass is 370 g/mol. The van der Waals surface area contributed by atoms with E-state index in [9.17, 15) is 0 Å². The first-order valence-electron chi connectivity index (χ1n) is 9.24. The first kappa shape index (κ1) is 19.1. The van der Waals surface area contributed by atoms with Crippen molar-refractivity contribution in [1.82, 2.24) is 0 Å². The van der Waals surface area contributed by atoms with E-state index in [0.29, 0.717) is 0 Å². The van der Waals surface area contributed by atoms with Gasteiger partial charge in [0.2, 0.25) is 0 Å². The molecule has 1 aromatic carbocycles. The molecule has 3 rings (SSSR count). The van der Waals surface area contributed by atoms with Crippen molar-refractivity contribution in [2.24, 2.45) is 0 Å². The first-order valence-corrected chi connectivity index (χ1v) is 10.1. The van der Waals surface area contributed by atoms with E-state index in [2.05, 4.69) is 88.2 Å². The molecule has 0 saturated carbocycles. The number of allylic oxidation sites excluding steroid dienone is 9. The zero-order valence-corrected chi connectivity index (χ0v) is 17.0. The average Bonchev–Trinajstić information content (AvgIpc) is 3.02. The molecular formula is C26H26S. The summed E-state index contributed by atoms with van der Waals surface area (Å²) < 4.78 is 0. The molecule has 0 spiro atoms. The highest BCUT2D eigenvalue weighted by Crippen LogP contribution is 2.36. The van der Waals surface area contributed by atoms with Gasteiger partial charge in [-0.05, 0) is 78.3 Å². The van der Waals surface area contributed by atoms with Crippen LogP contribution in [0.1, 0.15) is 42.7 Å². The molecule has 2 aromatic rings. The van der Waals surface area contributed by atoms with Crippen LogP contribution in [0, 0.1) is 0 Å². The van der Waals surface area contributed by atoms with Crippen LogP contribution in [0.15, 0.2) is 86.0 Å². The lowest BCUT2D eigenvalue weighted by molar-refractivity contribution is 1.28. The zero-order valence-electron chi connectivity index (χ0n) is 16.2. The number of hydrogen-bond donors (Lipinski definition) is 0. The van der Waals surface area contributed by atoms with Gasteiger partial charge in [-0.3, -0.25) is 0 Å². The molecule has 1 heteroatoms. The molecule has 0 nitrogen and oxygen atoms in total. The highest BCUT2D eigenvalue weighted by atomic mass is 32.1. The Labute approximate surface area is 167 Å². The molecule has 0 amide bonds. The van der Waals surface area contributed by atoms with Crippen molar-refractivity contribution in [2.75, 3.05) is 0 Å². The molecule has 136 valence electrons. The van der Waals surface area contributed by atoms with Crippen LogP contribution in [0.25, 0.3) is 27.2 Å². The molecule has 0 unspecified atom stereocenters. The average molecular weight is 371 g/mol. The smallest absolute Gasteiger partial charge is 0.0349 e. The number of benzene rings is 1. The molecule has 27 heavy (non-hydrogen) atoms. The van der Waals surface area contributed by atoms with E-state index in [1.807, 2.05) is 6.08 Å². The van der Waals surface area contributed by atoms with E-state index in [0.717, 1.165) is 28.9 Å². The van der Waals surface area contributed by atoms with Crippen molar-refractivity contribution in [2.45, 2.75) is 26.7 Å². The van der Waals surface area contributed by atoms with Crippen molar-refractivity contribution in [1.29, 1.82) is 0 Å². The minimum Gasteiger partial charge on any atom is -0.135 e. The minimum atomic E-state index is 0.969. The Hall–Kier alpha value is -2.64. The Balaban J connectivity index is 2.06. The standard InChI is InChI=1S/C26H26S/c1-6-19(4)25-15-16-26(27-25)22-13-14-23(24(17-22)18(2)3)20(5)21-11-9-7-8-10-12-21/h6-7,9-10,12-17H,1-2,4,8,11H2,3,5H3/b21-20+. The molecule has 0 saturated heterocycles. The van der Waals surface area contributed by atoms with Crippen LogP contribution < -0.4 is 0 Å². The topological polar surface area (TPSA) is 0 Å². The molecular weight excluding hydrogens is 344 g/mol. The van der Waals surface area contributed by atoms with Gasteiger partial charge in [-0.1, -0.05) is 67.8 Å². The lowest BCUT2D eigenvalue weighted by Gasteiger charge is -2.14. The molecule has 0 bridgehead atoms. The zero-order chi connectivity index (χ0) is 19.4. The van der Waals surface area contributed by atoms with Crippen LogP contribution in [0.5, 0.6) is 0 Å². The highest BCUT2D eigenvalue weighted by molar-refractivity contribution is 7.16. The fourth-order valence-corrected chi connectivity index (χ4v) is 4.23. The van der Waals surface area contributed by atoms with Crippen molar-refractivity contribution < 1.29 is 0 Å². The summed E-state index contributed by atoms with van der Waals surface area (Å²) in [7, 11) is 0. The summed E-state index contributed by atoms with van der Waals surface area (Å²) in [6.45, 7) is 16.4. The highest BCUT2D eigenvalue weighted by Gasteiger charge is 2.12. The van der Waals surface area contributed by atoms with E-state index in [4.69, 9.17) is 0 Å². The number of rotatable bonds is 5. The van der Waals surface area contributed by atoms with E-state index in [1.165, 1.54) is 32.7 Å². The molecule has 0 radical (unpaired) electrons. The Kier molecular flexibility index (Phi) is 5.93. The summed E-state index contributed by atoms with van der Waals surface area (Å²) in [5.41, 5.74) is 8.47. The molecule has 1 aliphatic rings. The molecule has 0 fully saturated rings.